The van der Waals surface area contributed by atoms with E-state index in [0.29, 0.717) is 12.0 Å². The van der Waals surface area contributed by atoms with E-state index < -0.39 is 0 Å². The molecule has 0 amide bonds. The molecule has 0 spiro atoms. The molecular weight excluding hydrogens is 252 g/mol. The van der Waals surface area contributed by atoms with Crippen molar-refractivity contribution in [3.63, 3.8) is 0 Å². The Kier molecular flexibility index (Phi) is 5.85. The second-order valence-corrected chi connectivity index (χ2v) is 6.53. The maximum Gasteiger partial charge on any atom is 0.310 e. The van der Waals surface area contributed by atoms with Crippen LogP contribution in [0.1, 0.15) is 45.4 Å². The average Bonchev–Trinajstić information content (AvgIpc) is 2.96. The largest absolute Gasteiger partial charge is 0.469 e. The first-order valence-corrected chi connectivity index (χ1v) is 8.21. The van der Waals surface area contributed by atoms with Gasteiger partial charge in [0.05, 0.1) is 13.0 Å². The topological polar surface area (TPSA) is 55.6 Å². The third-order valence-corrected chi connectivity index (χ3v) is 5.29. The van der Waals surface area contributed by atoms with E-state index >= 15 is 0 Å². The van der Waals surface area contributed by atoms with Gasteiger partial charge in [0.1, 0.15) is 0 Å². The number of esters is 1. The highest BCUT2D eigenvalue weighted by atomic mass is 16.5. The van der Waals surface area contributed by atoms with Crippen molar-refractivity contribution in [2.24, 2.45) is 23.5 Å². The molecule has 0 radical (unpaired) electrons. The third kappa shape index (κ3) is 3.53. The van der Waals surface area contributed by atoms with Crippen LogP contribution in [0.5, 0.6) is 0 Å². The minimum absolute atomic E-state index is 0.0438. The highest BCUT2D eigenvalue weighted by Crippen LogP contribution is 2.36. The van der Waals surface area contributed by atoms with Gasteiger partial charge in [-0.05, 0) is 44.2 Å². The van der Waals surface area contributed by atoms with Crippen LogP contribution in [-0.2, 0) is 9.53 Å². The Bertz CT molecular complexity index is 322. The zero-order valence-electron chi connectivity index (χ0n) is 13.0. The number of ether oxygens (including phenoxy) is 1. The van der Waals surface area contributed by atoms with Crippen LogP contribution >= 0.6 is 0 Å². The minimum Gasteiger partial charge on any atom is -0.469 e. The fourth-order valence-corrected chi connectivity index (χ4v) is 4.13. The Morgan fingerprint density at radius 2 is 2.15 bits per heavy atom. The first kappa shape index (κ1) is 15.8. The van der Waals surface area contributed by atoms with Crippen LogP contribution < -0.4 is 5.73 Å². The molecule has 1 saturated carbocycles. The fraction of sp³-hybridized carbons (Fsp3) is 0.938. The maximum atomic E-state index is 11.7. The Balaban J connectivity index is 1.95. The molecule has 0 aromatic rings. The summed E-state index contributed by atoms with van der Waals surface area (Å²) in [5.74, 6) is 1.49. The van der Waals surface area contributed by atoms with Crippen molar-refractivity contribution in [1.82, 2.24) is 4.90 Å². The number of carbonyl (C=O) groups excluding carboxylic acids is 1. The van der Waals surface area contributed by atoms with Crippen LogP contribution in [0.4, 0.5) is 0 Å². The molecule has 2 fully saturated rings. The first-order valence-electron chi connectivity index (χ1n) is 8.21. The smallest absolute Gasteiger partial charge is 0.310 e. The summed E-state index contributed by atoms with van der Waals surface area (Å²) in [5.41, 5.74) is 5.98. The number of nitrogens with zero attached hydrogens (tertiary/aromatic N) is 1. The molecule has 0 aromatic heterocycles. The summed E-state index contributed by atoms with van der Waals surface area (Å²) in [7, 11) is 1.49. The van der Waals surface area contributed by atoms with Gasteiger partial charge >= 0.3 is 5.97 Å². The van der Waals surface area contributed by atoms with Crippen LogP contribution in [0.2, 0.25) is 0 Å². The molecule has 116 valence electrons. The fourth-order valence-electron chi connectivity index (χ4n) is 4.13. The summed E-state index contributed by atoms with van der Waals surface area (Å²) >= 11 is 0. The van der Waals surface area contributed by atoms with Gasteiger partial charge in [0.25, 0.3) is 0 Å². The average molecular weight is 282 g/mol. The molecule has 4 unspecified atom stereocenters. The summed E-state index contributed by atoms with van der Waals surface area (Å²) in [6.45, 7) is 4.95. The van der Waals surface area contributed by atoms with Crippen LogP contribution in [0, 0.1) is 17.8 Å². The normalized spacial score (nSPS) is 35.1. The third-order valence-electron chi connectivity index (χ3n) is 5.29. The first-order chi connectivity index (χ1) is 9.69. The zero-order valence-corrected chi connectivity index (χ0v) is 13.0. The molecule has 2 N–H and O–H groups in total. The van der Waals surface area contributed by atoms with Crippen LogP contribution in [-0.4, -0.2) is 43.7 Å². The number of methoxy groups -OCH3 is 1. The molecule has 1 aliphatic carbocycles. The monoisotopic (exact) mass is 282 g/mol. The van der Waals surface area contributed by atoms with Gasteiger partial charge in [0, 0.05) is 12.6 Å². The predicted octanol–water partition coefficient (Wildman–Crippen LogP) is 2.02. The summed E-state index contributed by atoms with van der Waals surface area (Å²) in [6, 6.07) is 0.583. The Labute approximate surface area is 123 Å². The molecule has 0 aromatic carbocycles. The number of carbonyl (C=O) groups is 1. The lowest BCUT2D eigenvalue weighted by Crippen LogP contribution is -2.46. The van der Waals surface area contributed by atoms with Gasteiger partial charge in [-0.25, -0.2) is 0 Å². The second-order valence-electron chi connectivity index (χ2n) is 6.53. The summed E-state index contributed by atoms with van der Waals surface area (Å²) in [6.07, 6.45) is 7.41. The lowest BCUT2D eigenvalue weighted by molar-refractivity contribution is -0.145. The summed E-state index contributed by atoms with van der Waals surface area (Å²) in [4.78, 5) is 14.2. The van der Waals surface area contributed by atoms with Crippen molar-refractivity contribution in [1.29, 1.82) is 0 Å². The van der Waals surface area contributed by atoms with E-state index in [0.717, 1.165) is 32.0 Å². The number of likely N-dealkylation sites (tertiary alicyclic amines) is 1. The molecule has 4 atom stereocenters. The SMILES string of the molecule is CCCC1CCC(CN)C(N2CCC(C(=O)OC)C2)C1. The molecule has 2 aliphatic rings. The van der Waals surface area contributed by atoms with Crippen LogP contribution in [0.25, 0.3) is 0 Å². The van der Waals surface area contributed by atoms with Gasteiger partial charge in [-0.1, -0.05) is 26.2 Å². The van der Waals surface area contributed by atoms with Gasteiger partial charge in [-0.15, -0.1) is 0 Å². The molecule has 0 bridgehead atoms. The number of hydrogen-bond acceptors (Lipinski definition) is 4. The van der Waals surface area contributed by atoms with Gasteiger partial charge in [0.2, 0.25) is 0 Å². The lowest BCUT2D eigenvalue weighted by Gasteiger charge is -2.41. The summed E-state index contributed by atoms with van der Waals surface area (Å²) in [5, 5.41) is 0. The number of rotatable bonds is 5. The van der Waals surface area contributed by atoms with Crippen molar-refractivity contribution in [3.8, 4) is 0 Å². The Hall–Kier alpha value is -0.610. The standard InChI is InChI=1S/C16H30N2O2/c1-3-4-12-5-6-13(10-17)15(9-12)18-8-7-14(11-18)16(19)20-2/h12-15H,3-11,17H2,1-2H3. The molecule has 1 aliphatic heterocycles. The molecule has 4 heteroatoms. The van der Waals surface area contributed by atoms with E-state index in [1.807, 2.05) is 0 Å². The van der Waals surface area contributed by atoms with E-state index in [4.69, 9.17) is 10.5 Å². The summed E-state index contributed by atoms with van der Waals surface area (Å²) < 4.78 is 4.89. The van der Waals surface area contributed by atoms with Crippen molar-refractivity contribution in [2.75, 3.05) is 26.7 Å². The molecule has 1 heterocycles. The molecule has 20 heavy (non-hydrogen) atoms. The lowest BCUT2D eigenvalue weighted by atomic mass is 9.76. The molecular formula is C16H30N2O2. The molecule has 4 nitrogen and oxygen atoms in total. The van der Waals surface area contributed by atoms with Crippen molar-refractivity contribution in [3.05, 3.63) is 0 Å². The van der Waals surface area contributed by atoms with E-state index in [9.17, 15) is 4.79 Å². The number of hydrogen-bond donors (Lipinski definition) is 1. The van der Waals surface area contributed by atoms with Gasteiger partial charge < -0.3 is 10.5 Å². The van der Waals surface area contributed by atoms with Gasteiger partial charge in [0.15, 0.2) is 0 Å². The van der Waals surface area contributed by atoms with Gasteiger partial charge in [-0.2, -0.15) is 0 Å². The molecule has 1 saturated heterocycles. The van der Waals surface area contributed by atoms with E-state index in [1.165, 1.54) is 39.2 Å². The van der Waals surface area contributed by atoms with E-state index in [2.05, 4.69) is 11.8 Å². The highest BCUT2D eigenvalue weighted by Gasteiger charge is 2.38. The van der Waals surface area contributed by atoms with Crippen molar-refractivity contribution in [2.45, 2.75) is 51.5 Å². The van der Waals surface area contributed by atoms with Crippen LogP contribution in [0.3, 0.4) is 0 Å². The Morgan fingerprint density at radius 1 is 1.35 bits per heavy atom. The maximum absolute atomic E-state index is 11.7. The zero-order chi connectivity index (χ0) is 14.5. The van der Waals surface area contributed by atoms with E-state index in [1.54, 1.807) is 0 Å². The quantitative estimate of drug-likeness (QED) is 0.784. The predicted molar refractivity (Wildman–Crippen MR) is 80.3 cm³/mol. The van der Waals surface area contributed by atoms with E-state index in [-0.39, 0.29) is 11.9 Å². The second kappa shape index (κ2) is 7.41. The van der Waals surface area contributed by atoms with Crippen molar-refractivity contribution < 1.29 is 9.53 Å². The highest BCUT2D eigenvalue weighted by molar-refractivity contribution is 5.72. The van der Waals surface area contributed by atoms with Crippen molar-refractivity contribution >= 4 is 5.97 Å². The van der Waals surface area contributed by atoms with Gasteiger partial charge in [-0.3, -0.25) is 9.69 Å². The Morgan fingerprint density at radius 3 is 2.80 bits per heavy atom. The minimum atomic E-state index is -0.0438. The van der Waals surface area contributed by atoms with Crippen LogP contribution in [0.15, 0.2) is 0 Å². The molecule has 2 rings (SSSR count). The number of nitrogens with two attached hydrogens (primary N) is 1.